The molecule has 0 atom stereocenters. The third kappa shape index (κ3) is 4.60. The maximum absolute atomic E-state index is 13.9. The first kappa shape index (κ1) is 21.7. The largest absolute Gasteiger partial charge is 0.320 e. The Balaban J connectivity index is 2.01. The lowest BCUT2D eigenvalue weighted by molar-refractivity contribution is -0.114. The van der Waals surface area contributed by atoms with Crippen molar-refractivity contribution in [3.8, 4) is 0 Å². The Morgan fingerprint density at radius 1 is 1.00 bits per heavy atom. The fraction of sp³-hybridized carbons (Fsp3) is 0.0952. The van der Waals surface area contributed by atoms with Gasteiger partial charge in [-0.1, -0.05) is 35.9 Å². The Hall–Kier alpha value is -2.97. The fourth-order valence-corrected chi connectivity index (χ4v) is 4.58. The maximum atomic E-state index is 13.9. The molecule has 0 heterocycles. The molecule has 3 aromatic carbocycles. The number of sulfonamides is 1. The summed E-state index contributed by atoms with van der Waals surface area (Å²) in [6.45, 7) is 0.941. The highest BCUT2D eigenvalue weighted by molar-refractivity contribution is 7.92. The van der Waals surface area contributed by atoms with Crippen LogP contribution in [-0.4, -0.2) is 20.9 Å². The van der Waals surface area contributed by atoms with Gasteiger partial charge in [-0.15, -0.1) is 0 Å². The first-order valence-electron chi connectivity index (χ1n) is 8.78. The second-order valence-corrected chi connectivity index (χ2v) is 8.70. The Labute approximate surface area is 178 Å². The molecule has 0 aliphatic heterocycles. The van der Waals surface area contributed by atoms with Crippen LogP contribution in [0.2, 0.25) is 5.02 Å². The topological polar surface area (TPSA) is 66.5 Å². The fourth-order valence-electron chi connectivity index (χ4n) is 2.84. The summed E-state index contributed by atoms with van der Waals surface area (Å²) in [7, 11) is -4.16. The van der Waals surface area contributed by atoms with Gasteiger partial charge in [0, 0.05) is 5.02 Å². The van der Waals surface area contributed by atoms with Crippen LogP contribution in [0.3, 0.4) is 0 Å². The third-order valence-electron chi connectivity index (χ3n) is 4.27. The van der Waals surface area contributed by atoms with Crippen molar-refractivity contribution in [1.29, 1.82) is 0 Å². The number of carbonyl (C=O) groups excluding carboxylic acids is 1. The van der Waals surface area contributed by atoms with Crippen molar-refractivity contribution < 1.29 is 22.0 Å². The monoisotopic (exact) mass is 450 g/mol. The van der Waals surface area contributed by atoms with E-state index < -0.39 is 39.8 Å². The molecule has 9 heteroatoms. The summed E-state index contributed by atoms with van der Waals surface area (Å²) in [6, 6.07) is 15.2. The van der Waals surface area contributed by atoms with E-state index >= 15 is 0 Å². The second kappa shape index (κ2) is 8.81. The van der Waals surface area contributed by atoms with Gasteiger partial charge in [-0.2, -0.15) is 0 Å². The van der Waals surface area contributed by atoms with Gasteiger partial charge in [-0.05, 0) is 55.0 Å². The van der Waals surface area contributed by atoms with E-state index in [2.05, 4.69) is 5.32 Å². The number of halogens is 3. The van der Waals surface area contributed by atoms with Crippen LogP contribution in [0.1, 0.15) is 5.56 Å². The minimum absolute atomic E-state index is 0.0378. The van der Waals surface area contributed by atoms with Gasteiger partial charge in [0.05, 0.1) is 10.6 Å². The Morgan fingerprint density at radius 2 is 1.63 bits per heavy atom. The zero-order valence-corrected chi connectivity index (χ0v) is 17.3. The summed E-state index contributed by atoms with van der Waals surface area (Å²) in [5.74, 6) is -2.85. The van der Waals surface area contributed by atoms with Crippen LogP contribution in [0.5, 0.6) is 0 Å². The number of nitrogens with zero attached hydrogens (tertiary/aromatic N) is 1. The van der Waals surface area contributed by atoms with Crippen molar-refractivity contribution in [2.45, 2.75) is 11.8 Å². The van der Waals surface area contributed by atoms with Crippen LogP contribution in [0.25, 0.3) is 0 Å². The number of benzene rings is 3. The van der Waals surface area contributed by atoms with E-state index in [0.29, 0.717) is 10.6 Å². The molecule has 0 aromatic heterocycles. The van der Waals surface area contributed by atoms with E-state index in [1.54, 1.807) is 31.2 Å². The number of anilines is 2. The summed E-state index contributed by atoms with van der Waals surface area (Å²) in [5.41, 5.74) is 0.0756. The van der Waals surface area contributed by atoms with Gasteiger partial charge in [0.2, 0.25) is 5.91 Å². The standard InChI is InChI=1S/C21H17ClF2N2O3S/c1-14-12-15(22)10-11-19(14)26(30(28,29)16-6-3-2-4-7-16)13-20(27)25-21-17(23)8-5-9-18(21)24/h2-12H,13H2,1H3,(H,25,27). The minimum atomic E-state index is -4.16. The quantitative estimate of drug-likeness (QED) is 0.588. The molecule has 156 valence electrons. The lowest BCUT2D eigenvalue weighted by Crippen LogP contribution is -2.38. The van der Waals surface area contributed by atoms with Gasteiger partial charge in [-0.3, -0.25) is 9.10 Å². The molecule has 0 aliphatic carbocycles. The Bertz CT molecular complexity index is 1170. The van der Waals surface area contributed by atoms with Gasteiger partial charge in [0.25, 0.3) is 10.0 Å². The smallest absolute Gasteiger partial charge is 0.264 e. The molecule has 0 fully saturated rings. The lowest BCUT2D eigenvalue weighted by Gasteiger charge is -2.25. The molecule has 1 amide bonds. The van der Waals surface area contributed by atoms with Gasteiger partial charge >= 0.3 is 0 Å². The third-order valence-corrected chi connectivity index (χ3v) is 6.28. The van der Waals surface area contributed by atoms with Gasteiger partial charge in [-0.25, -0.2) is 17.2 Å². The average molecular weight is 451 g/mol. The highest BCUT2D eigenvalue weighted by atomic mass is 35.5. The van der Waals surface area contributed by atoms with Crippen LogP contribution >= 0.6 is 11.6 Å². The van der Waals surface area contributed by atoms with E-state index in [0.717, 1.165) is 22.5 Å². The maximum Gasteiger partial charge on any atom is 0.264 e. The van der Waals surface area contributed by atoms with E-state index in [1.165, 1.54) is 24.3 Å². The number of amides is 1. The summed E-state index contributed by atoms with van der Waals surface area (Å²) < 4.78 is 55.1. The highest BCUT2D eigenvalue weighted by Crippen LogP contribution is 2.29. The predicted octanol–water partition coefficient (Wildman–Crippen LogP) is 4.76. The molecular formula is C21H17ClF2N2O3S. The number of carbonyl (C=O) groups is 1. The van der Waals surface area contributed by atoms with Crippen molar-refractivity contribution in [3.63, 3.8) is 0 Å². The highest BCUT2D eigenvalue weighted by Gasteiger charge is 2.28. The normalized spacial score (nSPS) is 11.2. The minimum Gasteiger partial charge on any atom is -0.320 e. The van der Waals surface area contributed by atoms with Crippen LogP contribution < -0.4 is 9.62 Å². The van der Waals surface area contributed by atoms with E-state index in [4.69, 9.17) is 11.6 Å². The Kier molecular flexibility index (Phi) is 6.38. The zero-order chi connectivity index (χ0) is 21.9. The van der Waals surface area contributed by atoms with Crippen molar-refractivity contribution >= 4 is 38.9 Å². The molecule has 0 saturated heterocycles. The average Bonchev–Trinajstić information content (AvgIpc) is 2.70. The summed E-state index contributed by atoms with van der Waals surface area (Å²) in [4.78, 5) is 12.5. The molecule has 0 radical (unpaired) electrons. The number of aryl methyl sites for hydroxylation is 1. The van der Waals surface area contributed by atoms with Crippen LogP contribution in [0.15, 0.2) is 71.6 Å². The van der Waals surface area contributed by atoms with Gasteiger partial charge in [0.15, 0.2) is 0 Å². The number of hydrogen-bond donors (Lipinski definition) is 1. The molecule has 3 aromatic rings. The molecule has 5 nitrogen and oxygen atoms in total. The molecular weight excluding hydrogens is 434 g/mol. The first-order valence-corrected chi connectivity index (χ1v) is 10.6. The van der Waals surface area contributed by atoms with E-state index in [9.17, 15) is 22.0 Å². The van der Waals surface area contributed by atoms with Crippen molar-refractivity contribution in [2.75, 3.05) is 16.2 Å². The van der Waals surface area contributed by atoms with Gasteiger partial charge in [0.1, 0.15) is 23.9 Å². The van der Waals surface area contributed by atoms with Gasteiger partial charge < -0.3 is 5.32 Å². The summed E-state index contributed by atoms with van der Waals surface area (Å²) in [6.07, 6.45) is 0. The SMILES string of the molecule is Cc1cc(Cl)ccc1N(CC(=O)Nc1c(F)cccc1F)S(=O)(=O)c1ccccc1. The van der Waals surface area contributed by atoms with E-state index in [-0.39, 0.29) is 10.6 Å². The van der Waals surface area contributed by atoms with Crippen molar-refractivity contribution in [2.24, 2.45) is 0 Å². The molecule has 3 rings (SSSR count). The molecule has 0 spiro atoms. The number of para-hydroxylation sites is 1. The van der Waals surface area contributed by atoms with Crippen LogP contribution in [-0.2, 0) is 14.8 Å². The van der Waals surface area contributed by atoms with Crippen molar-refractivity contribution in [1.82, 2.24) is 0 Å². The molecule has 0 saturated carbocycles. The summed E-state index contributed by atoms with van der Waals surface area (Å²) >= 11 is 5.97. The summed E-state index contributed by atoms with van der Waals surface area (Å²) in [5, 5.41) is 2.51. The lowest BCUT2D eigenvalue weighted by atomic mass is 10.2. The van der Waals surface area contributed by atoms with Crippen molar-refractivity contribution in [3.05, 3.63) is 89.0 Å². The van der Waals surface area contributed by atoms with E-state index in [1.807, 2.05) is 0 Å². The number of nitrogens with one attached hydrogen (secondary N) is 1. The molecule has 0 unspecified atom stereocenters. The van der Waals surface area contributed by atoms with Crippen LogP contribution in [0, 0.1) is 18.6 Å². The second-order valence-electron chi connectivity index (χ2n) is 6.40. The van der Waals surface area contributed by atoms with Crippen LogP contribution in [0.4, 0.5) is 20.2 Å². The molecule has 30 heavy (non-hydrogen) atoms. The molecule has 1 N–H and O–H groups in total. The number of rotatable bonds is 6. The molecule has 0 bridgehead atoms. The zero-order valence-electron chi connectivity index (χ0n) is 15.8. The first-order chi connectivity index (χ1) is 14.2. The predicted molar refractivity (Wildman–Crippen MR) is 112 cm³/mol. The molecule has 0 aliphatic rings. The Morgan fingerprint density at radius 3 is 2.23 bits per heavy atom. The number of hydrogen-bond acceptors (Lipinski definition) is 3.